The van der Waals surface area contributed by atoms with Crippen molar-refractivity contribution in [2.24, 2.45) is 7.05 Å². The first-order chi connectivity index (χ1) is 8.79. The molecule has 1 unspecified atom stereocenters. The molecule has 1 N–H and O–H groups in total. The van der Waals surface area contributed by atoms with Crippen LogP contribution in [-0.2, 0) is 7.05 Å². The molecule has 0 saturated heterocycles. The molecule has 0 radical (unpaired) electrons. The Morgan fingerprint density at radius 1 is 1.17 bits per heavy atom. The van der Waals surface area contributed by atoms with Crippen LogP contribution < -0.4 is 5.32 Å². The molecule has 0 aliphatic heterocycles. The van der Waals surface area contributed by atoms with Crippen molar-refractivity contribution in [3.8, 4) is 0 Å². The second-order valence-corrected chi connectivity index (χ2v) is 5.13. The van der Waals surface area contributed by atoms with E-state index in [0.717, 1.165) is 0 Å². The van der Waals surface area contributed by atoms with Crippen molar-refractivity contribution < 1.29 is 0 Å². The predicted octanol–water partition coefficient (Wildman–Crippen LogP) is 3.82. The first kappa shape index (κ1) is 15.2. The van der Waals surface area contributed by atoms with E-state index in [2.05, 4.69) is 23.4 Å². The highest BCUT2D eigenvalue weighted by Crippen LogP contribution is 2.19. The Kier molecular flexibility index (Phi) is 7.74. The van der Waals surface area contributed by atoms with Gasteiger partial charge in [0, 0.05) is 19.3 Å². The molecule has 0 aromatic carbocycles. The minimum absolute atomic E-state index is 0.452. The van der Waals surface area contributed by atoms with Crippen LogP contribution in [0.3, 0.4) is 0 Å². The second kappa shape index (κ2) is 9.15. The lowest BCUT2D eigenvalue weighted by Crippen LogP contribution is -2.19. The molecule has 3 nitrogen and oxygen atoms in total. The summed E-state index contributed by atoms with van der Waals surface area (Å²) in [5, 5.41) is 7.64. The van der Waals surface area contributed by atoms with Gasteiger partial charge in [-0.15, -0.1) is 0 Å². The van der Waals surface area contributed by atoms with E-state index < -0.39 is 0 Å². The summed E-state index contributed by atoms with van der Waals surface area (Å²) in [6.45, 7) is 2.27. The minimum Gasteiger partial charge on any atom is -0.312 e. The van der Waals surface area contributed by atoms with Crippen molar-refractivity contribution in [2.45, 2.75) is 64.3 Å². The quantitative estimate of drug-likeness (QED) is 0.641. The fourth-order valence-corrected chi connectivity index (χ4v) is 2.47. The van der Waals surface area contributed by atoms with Gasteiger partial charge in [0.15, 0.2) is 0 Å². The molecule has 1 heterocycles. The maximum Gasteiger partial charge on any atom is 0.0550 e. The zero-order valence-electron chi connectivity index (χ0n) is 12.3. The monoisotopic (exact) mass is 251 g/mol. The molecule has 0 aliphatic carbocycles. The van der Waals surface area contributed by atoms with Gasteiger partial charge >= 0.3 is 0 Å². The lowest BCUT2D eigenvalue weighted by atomic mass is 10.0. The van der Waals surface area contributed by atoms with Gasteiger partial charge in [0.25, 0.3) is 0 Å². The number of rotatable bonds is 10. The summed E-state index contributed by atoms with van der Waals surface area (Å²) in [5.74, 6) is 0. The van der Waals surface area contributed by atoms with Crippen LogP contribution >= 0.6 is 0 Å². The number of nitrogens with zero attached hydrogens (tertiary/aromatic N) is 2. The largest absolute Gasteiger partial charge is 0.312 e. The molecule has 3 heteroatoms. The lowest BCUT2D eigenvalue weighted by Gasteiger charge is -2.16. The third-order valence-electron chi connectivity index (χ3n) is 3.66. The van der Waals surface area contributed by atoms with E-state index in [9.17, 15) is 0 Å². The summed E-state index contributed by atoms with van der Waals surface area (Å²) >= 11 is 0. The van der Waals surface area contributed by atoms with Crippen molar-refractivity contribution >= 4 is 0 Å². The molecule has 0 amide bonds. The number of aromatic nitrogens is 2. The number of hydrogen-bond acceptors (Lipinski definition) is 2. The fourth-order valence-electron chi connectivity index (χ4n) is 2.47. The molecule has 104 valence electrons. The van der Waals surface area contributed by atoms with Gasteiger partial charge in [0.05, 0.1) is 5.69 Å². The van der Waals surface area contributed by atoms with Gasteiger partial charge in [0.2, 0.25) is 0 Å². The number of hydrogen-bond donors (Lipinski definition) is 1. The van der Waals surface area contributed by atoms with Crippen molar-refractivity contribution in [1.82, 2.24) is 15.1 Å². The van der Waals surface area contributed by atoms with Gasteiger partial charge in [0.1, 0.15) is 0 Å². The van der Waals surface area contributed by atoms with E-state index in [-0.39, 0.29) is 0 Å². The Labute approximate surface area is 112 Å². The lowest BCUT2D eigenvalue weighted by molar-refractivity contribution is 0.470. The summed E-state index contributed by atoms with van der Waals surface area (Å²) in [5.41, 5.74) is 1.29. The zero-order chi connectivity index (χ0) is 13.2. The molecule has 0 saturated carbocycles. The second-order valence-electron chi connectivity index (χ2n) is 5.13. The molecule has 1 rings (SSSR count). The Morgan fingerprint density at radius 2 is 1.83 bits per heavy atom. The van der Waals surface area contributed by atoms with Gasteiger partial charge in [-0.1, -0.05) is 51.9 Å². The highest BCUT2D eigenvalue weighted by atomic mass is 15.3. The maximum atomic E-state index is 4.24. The topological polar surface area (TPSA) is 29.9 Å². The summed E-state index contributed by atoms with van der Waals surface area (Å²) in [7, 11) is 4.06. The van der Waals surface area contributed by atoms with Crippen LogP contribution in [0.2, 0.25) is 0 Å². The normalized spacial score (nSPS) is 12.8. The van der Waals surface area contributed by atoms with E-state index in [1.54, 1.807) is 0 Å². The SMILES string of the molecule is CCCCCCCCCC(NC)c1ccnn1C. The molecule has 18 heavy (non-hydrogen) atoms. The fraction of sp³-hybridized carbons (Fsp3) is 0.800. The van der Waals surface area contributed by atoms with Crippen LogP contribution in [0, 0.1) is 0 Å². The summed E-state index contributed by atoms with van der Waals surface area (Å²) in [4.78, 5) is 0. The molecule has 0 bridgehead atoms. The van der Waals surface area contributed by atoms with Crippen LogP contribution in [0.15, 0.2) is 12.3 Å². The molecule has 1 atom stereocenters. The Morgan fingerprint density at radius 3 is 2.39 bits per heavy atom. The van der Waals surface area contributed by atoms with E-state index in [1.807, 2.05) is 25.0 Å². The highest BCUT2D eigenvalue weighted by molar-refractivity contribution is 5.06. The molecule has 0 fully saturated rings. The average Bonchev–Trinajstić information content (AvgIpc) is 2.79. The van der Waals surface area contributed by atoms with Gasteiger partial charge in [-0.05, 0) is 19.5 Å². The third kappa shape index (κ3) is 5.21. The average molecular weight is 251 g/mol. The van der Waals surface area contributed by atoms with E-state index in [0.29, 0.717) is 6.04 Å². The predicted molar refractivity (Wildman–Crippen MR) is 77.6 cm³/mol. The number of unbranched alkanes of at least 4 members (excludes halogenated alkanes) is 6. The number of nitrogens with one attached hydrogen (secondary N) is 1. The Bertz CT molecular complexity index is 306. The Hall–Kier alpha value is -0.830. The van der Waals surface area contributed by atoms with E-state index in [4.69, 9.17) is 0 Å². The number of aryl methyl sites for hydroxylation is 1. The van der Waals surface area contributed by atoms with Gasteiger partial charge in [-0.2, -0.15) is 5.10 Å². The standard InChI is InChI=1S/C15H29N3/c1-4-5-6-7-8-9-10-11-14(16-2)15-12-13-17-18(15)3/h12-14,16H,4-11H2,1-3H3. The highest BCUT2D eigenvalue weighted by Gasteiger charge is 2.11. The van der Waals surface area contributed by atoms with Crippen molar-refractivity contribution in [1.29, 1.82) is 0 Å². The Balaban J connectivity index is 2.15. The first-order valence-electron chi connectivity index (χ1n) is 7.44. The smallest absolute Gasteiger partial charge is 0.0550 e. The van der Waals surface area contributed by atoms with Crippen LogP contribution in [0.5, 0.6) is 0 Å². The zero-order valence-corrected chi connectivity index (χ0v) is 12.3. The maximum absolute atomic E-state index is 4.24. The van der Waals surface area contributed by atoms with Crippen LogP contribution in [0.25, 0.3) is 0 Å². The van der Waals surface area contributed by atoms with Crippen molar-refractivity contribution in [3.05, 3.63) is 18.0 Å². The van der Waals surface area contributed by atoms with E-state index >= 15 is 0 Å². The third-order valence-corrected chi connectivity index (χ3v) is 3.66. The minimum atomic E-state index is 0.452. The molecular weight excluding hydrogens is 222 g/mol. The first-order valence-corrected chi connectivity index (χ1v) is 7.44. The summed E-state index contributed by atoms with van der Waals surface area (Å²) < 4.78 is 1.97. The molecule has 0 spiro atoms. The van der Waals surface area contributed by atoms with Crippen LogP contribution in [-0.4, -0.2) is 16.8 Å². The van der Waals surface area contributed by atoms with Crippen molar-refractivity contribution in [2.75, 3.05) is 7.05 Å². The van der Waals surface area contributed by atoms with Gasteiger partial charge in [-0.3, -0.25) is 4.68 Å². The molecule has 1 aromatic rings. The summed E-state index contributed by atoms with van der Waals surface area (Å²) in [6.07, 6.45) is 12.7. The van der Waals surface area contributed by atoms with Crippen molar-refractivity contribution in [3.63, 3.8) is 0 Å². The molecule has 1 aromatic heterocycles. The van der Waals surface area contributed by atoms with E-state index in [1.165, 1.54) is 57.1 Å². The summed E-state index contributed by atoms with van der Waals surface area (Å²) in [6, 6.07) is 2.57. The van der Waals surface area contributed by atoms with Gasteiger partial charge in [-0.25, -0.2) is 0 Å². The van der Waals surface area contributed by atoms with Crippen LogP contribution in [0.1, 0.15) is 70.0 Å². The van der Waals surface area contributed by atoms with Crippen LogP contribution in [0.4, 0.5) is 0 Å². The molecule has 0 aliphatic rings. The van der Waals surface area contributed by atoms with Gasteiger partial charge < -0.3 is 5.32 Å². The molecular formula is C15H29N3.